The predicted octanol–water partition coefficient (Wildman–Crippen LogP) is -0.473. The Morgan fingerprint density at radius 1 is 1.57 bits per heavy atom. The topological polar surface area (TPSA) is 69.6 Å². The van der Waals surface area contributed by atoms with Gasteiger partial charge in [-0.15, -0.1) is 0 Å². The summed E-state index contributed by atoms with van der Waals surface area (Å²) in [7, 11) is 3.22. The van der Waals surface area contributed by atoms with Crippen molar-refractivity contribution in [2.75, 3.05) is 20.6 Å². The van der Waals surface area contributed by atoms with Crippen molar-refractivity contribution in [3.63, 3.8) is 0 Å². The molecule has 1 fully saturated rings. The molecule has 80 valence electrons. The molecule has 14 heavy (non-hydrogen) atoms. The quantitative estimate of drug-likeness (QED) is 0.629. The molecule has 0 aliphatic heterocycles. The van der Waals surface area contributed by atoms with Gasteiger partial charge in [0.15, 0.2) is 0 Å². The van der Waals surface area contributed by atoms with Crippen LogP contribution in [-0.4, -0.2) is 48.6 Å². The molecule has 2 N–H and O–H groups in total. The van der Waals surface area contributed by atoms with Gasteiger partial charge in [-0.05, 0) is 25.8 Å². The Labute approximate surface area is 83.1 Å². The molecule has 1 rings (SSSR count). The van der Waals surface area contributed by atoms with E-state index in [0.29, 0.717) is 0 Å². The summed E-state index contributed by atoms with van der Waals surface area (Å²) in [4.78, 5) is 23.6. The largest absolute Gasteiger partial charge is 0.480 e. The van der Waals surface area contributed by atoms with Crippen molar-refractivity contribution >= 4 is 11.9 Å². The predicted molar refractivity (Wildman–Crippen MR) is 50.8 cm³/mol. The maximum Gasteiger partial charge on any atom is 0.321 e. The molecule has 0 aromatic rings. The highest BCUT2D eigenvalue weighted by Gasteiger charge is 2.39. The van der Waals surface area contributed by atoms with Crippen LogP contribution in [0.4, 0.5) is 0 Å². The van der Waals surface area contributed by atoms with Crippen molar-refractivity contribution in [2.45, 2.75) is 18.9 Å². The smallest absolute Gasteiger partial charge is 0.321 e. The summed E-state index contributed by atoms with van der Waals surface area (Å²) in [5, 5.41) is 11.4. The van der Waals surface area contributed by atoms with E-state index in [1.165, 1.54) is 0 Å². The van der Waals surface area contributed by atoms with E-state index in [9.17, 15) is 9.59 Å². The van der Waals surface area contributed by atoms with E-state index in [0.717, 1.165) is 12.8 Å². The highest BCUT2D eigenvalue weighted by atomic mass is 16.4. The average Bonchev–Trinajstić information content (AvgIpc) is 2.87. The highest BCUT2D eigenvalue weighted by molar-refractivity contribution is 5.79. The van der Waals surface area contributed by atoms with Crippen molar-refractivity contribution in [1.82, 2.24) is 10.2 Å². The summed E-state index contributed by atoms with van der Waals surface area (Å²) in [6, 6.07) is -0.507. The Kier molecular flexibility index (Phi) is 3.46. The third kappa shape index (κ3) is 2.70. The van der Waals surface area contributed by atoms with Gasteiger partial charge < -0.3 is 10.4 Å². The molecule has 0 aromatic heterocycles. The Morgan fingerprint density at radius 2 is 2.14 bits per heavy atom. The lowest BCUT2D eigenvalue weighted by Gasteiger charge is -2.23. The third-order valence-corrected chi connectivity index (χ3v) is 2.47. The fourth-order valence-corrected chi connectivity index (χ4v) is 1.57. The normalized spacial score (nSPS) is 17.9. The molecule has 1 atom stereocenters. The first-order valence-electron chi connectivity index (χ1n) is 4.70. The molecule has 1 unspecified atom stereocenters. The molecule has 5 heteroatoms. The second-order valence-electron chi connectivity index (χ2n) is 3.71. The minimum atomic E-state index is -0.834. The van der Waals surface area contributed by atoms with Gasteiger partial charge in [-0.25, -0.2) is 0 Å². The molecule has 1 aliphatic rings. The summed E-state index contributed by atoms with van der Waals surface area (Å²) >= 11 is 0. The Hall–Kier alpha value is -1.10. The van der Waals surface area contributed by atoms with Crippen molar-refractivity contribution < 1.29 is 14.7 Å². The average molecular weight is 200 g/mol. The summed E-state index contributed by atoms with van der Waals surface area (Å²) in [5.41, 5.74) is 0. The van der Waals surface area contributed by atoms with Crippen LogP contribution in [0.15, 0.2) is 0 Å². The van der Waals surface area contributed by atoms with Gasteiger partial charge in [0.25, 0.3) is 0 Å². The standard InChI is InChI=1S/C9H16N2O3/c1-10-7(12)5-11(2)8(9(13)14)6-3-4-6/h6,8H,3-5H2,1-2H3,(H,10,12)(H,13,14). The molecular formula is C9H16N2O3. The van der Waals surface area contributed by atoms with E-state index in [-0.39, 0.29) is 18.4 Å². The van der Waals surface area contributed by atoms with Gasteiger partial charge in [0.05, 0.1) is 6.54 Å². The Morgan fingerprint density at radius 3 is 2.50 bits per heavy atom. The molecule has 1 aliphatic carbocycles. The van der Waals surface area contributed by atoms with Gasteiger partial charge in [0, 0.05) is 7.05 Å². The molecule has 5 nitrogen and oxygen atoms in total. The molecule has 0 aromatic carbocycles. The summed E-state index contributed by atoms with van der Waals surface area (Å²) < 4.78 is 0. The first-order chi connectivity index (χ1) is 6.56. The fraction of sp³-hybridized carbons (Fsp3) is 0.778. The lowest BCUT2D eigenvalue weighted by molar-refractivity contribution is -0.144. The minimum absolute atomic E-state index is 0.143. The molecule has 0 heterocycles. The number of carboxylic acid groups (broad SMARTS) is 1. The maximum absolute atomic E-state index is 11.0. The minimum Gasteiger partial charge on any atom is -0.480 e. The number of likely N-dealkylation sites (N-methyl/N-ethyl adjacent to an activating group) is 2. The number of carbonyl (C=O) groups excluding carboxylic acids is 1. The SMILES string of the molecule is CNC(=O)CN(C)C(C(=O)O)C1CC1. The molecule has 0 spiro atoms. The number of carboxylic acids is 1. The van der Waals surface area contributed by atoms with Crippen LogP contribution in [0, 0.1) is 5.92 Å². The zero-order valence-electron chi connectivity index (χ0n) is 8.49. The maximum atomic E-state index is 11.0. The van der Waals surface area contributed by atoms with E-state index >= 15 is 0 Å². The van der Waals surface area contributed by atoms with Crippen LogP contribution in [0.1, 0.15) is 12.8 Å². The van der Waals surface area contributed by atoms with E-state index in [1.807, 2.05) is 0 Å². The van der Waals surface area contributed by atoms with E-state index in [2.05, 4.69) is 5.32 Å². The van der Waals surface area contributed by atoms with Crippen molar-refractivity contribution in [3.05, 3.63) is 0 Å². The lowest BCUT2D eigenvalue weighted by atomic mass is 10.1. The summed E-state index contributed by atoms with van der Waals surface area (Å²) in [6.07, 6.45) is 1.91. The van der Waals surface area contributed by atoms with Crippen LogP contribution >= 0.6 is 0 Å². The van der Waals surface area contributed by atoms with E-state index in [4.69, 9.17) is 5.11 Å². The van der Waals surface area contributed by atoms with Gasteiger partial charge in [0.1, 0.15) is 6.04 Å². The number of aliphatic carboxylic acids is 1. The molecule has 0 radical (unpaired) electrons. The van der Waals surface area contributed by atoms with Gasteiger partial charge in [-0.1, -0.05) is 0 Å². The fourth-order valence-electron chi connectivity index (χ4n) is 1.57. The van der Waals surface area contributed by atoms with Gasteiger partial charge in [0.2, 0.25) is 5.91 Å². The summed E-state index contributed by atoms with van der Waals surface area (Å²) in [6.45, 7) is 0.143. The van der Waals surface area contributed by atoms with Crippen LogP contribution in [0.5, 0.6) is 0 Å². The highest BCUT2D eigenvalue weighted by Crippen LogP contribution is 2.34. The first kappa shape index (κ1) is 11.0. The number of nitrogens with one attached hydrogen (secondary N) is 1. The zero-order chi connectivity index (χ0) is 10.7. The second kappa shape index (κ2) is 4.41. The van der Waals surface area contributed by atoms with Crippen LogP contribution in [-0.2, 0) is 9.59 Å². The van der Waals surface area contributed by atoms with E-state index < -0.39 is 12.0 Å². The van der Waals surface area contributed by atoms with Crippen molar-refractivity contribution in [2.24, 2.45) is 5.92 Å². The second-order valence-corrected chi connectivity index (χ2v) is 3.71. The molecule has 1 saturated carbocycles. The molecule has 1 amide bonds. The van der Waals surface area contributed by atoms with Crippen LogP contribution in [0.25, 0.3) is 0 Å². The van der Waals surface area contributed by atoms with Gasteiger partial charge >= 0.3 is 5.97 Å². The molecule has 0 bridgehead atoms. The Balaban J connectivity index is 2.50. The zero-order valence-corrected chi connectivity index (χ0v) is 8.49. The number of nitrogens with zero attached hydrogens (tertiary/aromatic N) is 1. The van der Waals surface area contributed by atoms with Crippen LogP contribution in [0.3, 0.4) is 0 Å². The van der Waals surface area contributed by atoms with Gasteiger partial charge in [-0.3, -0.25) is 14.5 Å². The number of hydrogen-bond acceptors (Lipinski definition) is 3. The Bertz CT molecular complexity index is 238. The summed E-state index contributed by atoms with van der Waals surface area (Å²) in [5.74, 6) is -0.763. The molecular weight excluding hydrogens is 184 g/mol. The first-order valence-corrected chi connectivity index (χ1v) is 4.70. The monoisotopic (exact) mass is 200 g/mol. The number of hydrogen-bond donors (Lipinski definition) is 2. The molecule has 0 saturated heterocycles. The van der Waals surface area contributed by atoms with E-state index in [1.54, 1.807) is 19.0 Å². The van der Waals surface area contributed by atoms with Crippen molar-refractivity contribution in [3.8, 4) is 0 Å². The van der Waals surface area contributed by atoms with Crippen LogP contribution < -0.4 is 5.32 Å². The number of rotatable bonds is 5. The number of carbonyl (C=O) groups is 2. The van der Waals surface area contributed by atoms with Crippen molar-refractivity contribution in [1.29, 1.82) is 0 Å². The van der Waals surface area contributed by atoms with Crippen LogP contribution in [0.2, 0.25) is 0 Å². The number of amides is 1. The van der Waals surface area contributed by atoms with Gasteiger partial charge in [-0.2, -0.15) is 0 Å². The lowest BCUT2D eigenvalue weighted by Crippen LogP contribution is -2.44. The third-order valence-electron chi connectivity index (χ3n) is 2.47.